The van der Waals surface area contributed by atoms with Crippen molar-refractivity contribution in [3.05, 3.63) is 28.4 Å². The molecule has 2 rings (SSSR count). The lowest BCUT2D eigenvalue weighted by atomic mass is 10.1. The number of esters is 1. The van der Waals surface area contributed by atoms with Crippen molar-refractivity contribution >= 4 is 73.7 Å². The van der Waals surface area contributed by atoms with Gasteiger partial charge in [-0.1, -0.05) is 0 Å². The first-order valence-corrected chi connectivity index (χ1v) is 9.75. The molecule has 110 valence electrons. The molecule has 1 fully saturated rings. The number of benzene rings is 1. The molecule has 1 saturated heterocycles. The normalized spacial score (nSPS) is 19.3. The van der Waals surface area contributed by atoms with E-state index < -0.39 is 0 Å². The molecular formula is C14H16I3NO2. The van der Waals surface area contributed by atoms with Crippen molar-refractivity contribution in [3.63, 3.8) is 0 Å². The van der Waals surface area contributed by atoms with Crippen molar-refractivity contribution in [2.24, 2.45) is 0 Å². The van der Waals surface area contributed by atoms with Gasteiger partial charge >= 0.3 is 5.97 Å². The van der Waals surface area contributed by atoms with Crippen molar-refractivity contribution in [2.45, 2.75) is 25.3 Å². The van der Waals surface area contributed by atoms with Crippen LogP contribution >= 0.6 is 67.8 Å². The maximum atomic E-state index is 12.2. The average molecular weight is 611 g/mol. The Morgan fingerprint density at radius 1 is 1.35 bits per heavy atom. The lowest BCUT2D eigenvalue weighted by Gasteiger charge is -2.19. The molecule has 1 aromatic rings. The first-order valence-electron chi connectivity index (χ1n) is 6.51. The minimum atomic E-state index is -0.196. The number of ether oxygens (including phenoxy) is 1. The Hall–Kier alpha value is 0.840. The summed E-state index contributed by atoms with van der Waals surface area (Å²) in [5.41, 5.74) is 0.706. The van der Waals surface area contributed by atoms with Crippen molar-refractivity contribution in [3.8, 4) is 0 Å². The summed E-state index contributed by atoms with van der Waals surface area (Å²) in [4.78, 5) is 14.6. The molecule has 1 atom stereocenters. The minimum Gasteiger partial charge on any atom is -0.462 e. The van der Waals surface area contributed by atoms with Gasteiger partial charge in [0.15, 0.2) is 0 Å². The van der Waals surface area contributed by atoms with E-state index in [1.807, 2.05) is 12.1 Å². The summed E-state index contributed by atoms with van der Waals surface area (Å²) >= 11 is 6.66. The second-order valence-electron chi connectivity index (χ2n) is 4.92. The molecule has 20 heavy (non-hydrogen) atoms. The number of likely N-dealkylation sites (tertiary alicyclic amines) is 1. The van der Waals surface area contributed by atoms with Gasteiger partial charge in [-0.05, 0) is 113 Å². The zero-order valence-corrected chi connectivity index (χ0v) is 17.6. The van der Waals surface area contributed by atoms with Crippen LogP contribution in [0.5, 0.6) is 0 Å². The Morgan fingerprint density at radius 3 is 2.70 bits per heavy atom. The zero-order chi connectivity index (χ0) is 14.7. The molecule has 3 nitrogen and oxygen atoms in total. The molecule has 0 aliphatic carbocycles. The van der Waals surface area contributed by atoms with Gasteiger partial charge in [-0.15, -0.1) is 0 Å². The molecule has 0 amide bonds. The number of rotatable bonds is 4. The molecule has 1 heterocycles. The third-order valence-electron chi connectivity index (χ3n) is 3.60. The van der Waals surface area contributed by atoms with E-state index in [1.54, 1.807) is 0 Å². The molecule has 1 aliphatic rings. The zero-order valence-electron chi connectivity index (χ0n) is 11.2. The van der Waals surface area contributed by atoms with E-state index in [2.05, 4.69) is 79.7 Å². The topological polar surface area (TPSA) is 29.5 Å². The molecule has 0 saturated carbocycles. The van der Waals surface area contributed by atoms with Crippen LogP contribution in [0.4, 0.5) is 0 Å². The van der Waals surface area contributed by atoms with Crippen LogP contribution < -0.4 is 0 Å². The average Bonchev–Trinajstić information content (AvgIpc) is 2.80. The fraction of sp³-hybridized carbons (Fsp3) is 0.500. The van der Waals surface area contributed by atoms with Gasteiger partial charge in [0, 0.05) is 16.8 Å². The van der Waals surface area contributed by atoms with E-state index in [4.69, 9.17) is 4.74 Å². The fourth-order valence-corrected chi connectivity index (χ4v) is 4.74. The summed E-state index contributed by atoms with van der Waals surface area (Å²) in [5.74, 6) is -0.196. The van der Waals surface area contributed by atoms with Crippen LogP contribution in [0.25, 0.3) is 0 Å². The summed E-state index contributed by atoms with van der Waals surface area (Å²) in [6, 6.07) is 4.55. The lowest BCUT2D eigenvalue weighted by molar-refractivity contribution is 0.0473. The molecule has 0 bridgehead atoms. The second kappa shape index (κ2) is 7.91. The summed E-state index contributed by atoms with van der Waals surface area (Å²) < 4.78 is 8.50. The number of carbonyl (C=O) groups excluding carboxylic acids is 1. The largest absolute Gasteiger partial charge is 0.462 e. The molecule has 0 spiro atoms. The molecule has 1 unspecified atom stereocenters. The van der Waals surface area contributed by atoms with E-state index in [-0.39, 0.29) is 5.97 Å². The first-order chi connectivity index (χ1) is 9.50. The van der Waals surface area contributed by atoms with Crippen LogP contribution in [-0.4, -0.2) is 37.1 Å². The second-order valence-corrected chi connectivity index (χ2v) is 8.32. The van der Waals surface area contributed by atoms with E-state index >= 15 is 0 Å². The van der Waals surface area contributed by atoms with Gasteiger partial charge < -0.3 is 9.64 Å². The first kappa shape index (κ1) is 17.2. The van der Waals surface area contributed by atoms with E-state index in [0.717, 1.165) is 23.7 Å². The maximum Gasteiger partial charge on any atom is 0.340 e. The Kier molecular flexibility index (Phi) is 6.80. The molecule has 0 aromatic heterocycles. The Bertz CT molecular complexity index is 507. The van der Waals surface area contributed by atoms with Gasteiger partial charge in [0.2, 0.25) is 0 Å². The van der Waals surface area contributed by atoms with Crippen LogP contribution in [0, 0.1) is 10.7 Å². The van der Waals surface area contributed by atoms with Gasteiger partial charge in [0.1, 0.15) is 0 Å². The fourth-order valence-electron chi connectivity index (χ4n) is 2.42. The number of halogens is 3. The summed E-state index contributed by atoms with van der Waals surface area (Å²) in [7, 11) is 2.14. The SMILES string of the molecule is CN1CCCC1CCOC(=O)c1c(I)ccc(I)c1I. The molecule has 1 aromatic carbocycles. The standard InChI is InChI=1S/C14H16I3NO2/c1-18-7-2-3-9(18)6-8-20-14(19)12-10(15)4-5-11(16)13(12)17/h4-5,9H,2-3,6-8H2,1H3. The molecule has 1 aliphatic heterocycles. The number of carbonyl (C=O) groups is 1. The Labute approximate surface area is 160 Å². The lowest BCUT2D eigenvalue weighted by Crippen LogP contribution is -2.26. The highest BCUT2D eigenvalue weighted by Gasteiger charge is 2.22. The maximum absolute atomic E-state index is 12.2. The molecular weight excluding hydrogens is 595 g/mol. The smallest absolute Gasteiger partial charge is 0.340 e. The van der Waals surface area contributed by atoms with Crippen molar-refractivity contribution < 1.29 is 9.53 Å². The number of hydrogen-bond donors (Lipinski definition) is 0. The Balaban J connectivity index is 1.94. The van der Waals surface area contributed by atoms with Crippen LogP contribution in [0.3, 0.4) is 0 Å². The van der Waals surface area contributed by atoms with Gasteiger partial charge in [-0.25, -0.2) is 4.79 Å². The number of hydrogen-bond acceptors (Lipinski definition) is 3. The van der Waals surface area contributed by atoms with E-state index in [1.165, 1.54) is 12.8 Å². The highest BCUT2D eigenvalue weighted by Crippen LogP contribution is 2.25. The quantitative estimate of drug-likeness (QED) is 0.292. The third-order valence-corrected chi connectivity index (χ3v) is 7.55. The highest BCUT2D eigenvalue weighted by atomic mass is 127. The van der Waals surface area contributed by atoms with E-state index in [9.17, 15) is 4.79 Å². The van der Waals surface area contributed by atoms with Gasteiger partial charge in [-0.3, -0.25) is 0 Å². The highest BCUT2D eigenvalue weighted by molar-refractivity contribution is 14.1. The predicted octanol–water partition coefficient (Wildman–Crippen LogP) is 4.14. The van der Waals surface area contributed by atoms with Crippen molar-refractivity contribution in [1.29, 1.82) is 0 Å². The third kappa shape index (κ3) is 4.19. The predicted molar refractivity (Wildman–Crippen MR) is 105 cm³/mol. The summed E-state index contributed by atoms with van der Waals surface area (Å²) in [6.45, 7) is 1.66. The van der Waals surface area contributed by atoms with Gasteiger partial charge in [-0.2, -0.15) is 0 Å². The van der Waals surface area contributed by atoms with Gasteiger partial charge in [0.25, 0.3) is 0 Å². The monoisotopic (exact) mass is 611 g/mol. The van der Waals surface area contributed by atoms with Crippen LogP contribution in [0.15, 0.2) is 12.1 Å². The molecule has 0 N–H and O–H groups in total. The van der Waals surface area contributed by atoms with Crippen LogP contribution in [0.2, 0.25) is 0 Å². The van der Waals surface area contributed by atoms with Crippen LogP contribution in [-0.2, 0) is 4.74 Å². The molecule has 6 heteroatoms. The van der Waals surface area contributed by atoms with Crippen molar-refractivity contribution in [2.75, 3.05) is 20.2 Å². The summed E-state index contributed by atoms with van der Waals surface area (Å²) in [6.07, 6.45) is 3.40. The number of nitrogens with zero attached hydrogens (tertiary/aromatic N) is 1. The van der Waals surface area contributed by atoms with Crippen LogP contribution in [0.1, 0.15) is 29.6 Å². The summed E-state index contributed by atoms with van der Waals surface area (Å²) in [5, 5.41) is 0. The van der Waals surface area contributed by atoms with Crippen molar-refractivity contribution in [1.82, 2.24) is 4.90 Å². The Morgan fingerprint density at radius 2 is 2.05 bits per heavy atom. The molecule has 0 radical (unpaired) electrons. The minimum absolute atomic E-state index is 0.196. The van der Waals surface area contributed by atoms with E-state index in [0.29, 0.717) is 18.2 Å². The van der Waals surface area contributed by atoms with Gasteiger partial charge in [0.05, 0.1) is 12.2 Å².